The van der Waals surface area contributed by atoms with Gasteiger partial charge in [0.05, 0.1) is 240 Å². The lowest BCUT2D eigenvalue weighted by molar-refractivity contribution is -0.312. The molecule has 0 bridgehead atoms. The molecule has 0 radical (unpaired) electrons. The van der Waals surface area contributed by atoms with Crippen LogP contribution in [0.3, 0.4) is 0 Å². The number of hydrogen-bond donors (Lipinski definition) is 17. The summed E-state index contributed by atoms with van der Waals surface area (Å²) in [5.74, 6) is -11.7. The summed E-state index contributed by atoms with van der Waals surface area (Å²) in [5.41, 5.74) is 1.33. The number of carbonyl (C=O) groups excluding carboxylic acids is 8. The maximum Gasteiger partial charge on any atom is 0.364 e. The molecule has 0 unspecified atom stereocenters. The summed E-state index contributed by atoms with van der Waals surface area (Å²) in [6, 6.07) is 26.4. The number of unbranched alkanes of at least 4 members (excludes halogenated alkanes) is 1. The van der Waals surface area contributed by atoms with Crippen LogP contribution in [0, 0.1) is 0 Å². The number of carboxylic acids is 3. The third kappa shape index (κ3) is 47.4. The van der Waals surface area contributed by atoms with E-state index in [-0.39, 0.29) is 246 Å². The van der Waals surface area contributed by atoms with Crippen LogP contribution in [-0.4, -0.2) is 411 Å². The van der Waals surface area contributed by atoms with Gasteiger partial charge in [0.15, 0.2) is 0 Å². The number of ether oxygens (including phenoxy) is 18. The van der Waals surface area contributed by atoms with Gasteiger partial charge in [-0.3, -0.25) is 43.2 Å². The average Bonchev–Trinajstić information content (AvgIpc) is 1.11. The van der Waals surface area contributed by atoms with Crippen molar-refractivity contribution in [3.63, 3.8) is 0 Å². The molecule has 2 aromatic heterocycles. The van der Waals surface area contributed by atoms with Gasteiger partial charge < -0.3 is 174 Å². The van der Waals surface area contributed by atoms with E-state index in [1.54, 1.807) is 94.6 Å². The first kappa shape index (κ1) is 122. The number of para-hydroxylation sites is 2. The molecule has 13 atom stereocenters. The Bertz CT molecular complexity index is 4940. The molecule has 2 aliphatic rings. The zero-order valence-electron chi connectivity index (χ0n) is 83.4. The number of hydrogen-bond acceptors (Lipinski definition) is 39. The SMILES string of the molecule is CC(=O)N[C@H]1[C@H]([C@H](O)[C@H](O)CNC(=O)c2cccc(Oc3ccccc3)c2)O[C@@](OCCOCCOCc2cn(CCOCCOCCC(=O)NCCCC[C@H](NC(=O)CCCNC(=O)CCOCCOCCn3cc(COCCOCCO[C@]4(C(=O)O)C[C@H](O)[C@@H](NC(C)=O)[C@H]([C@H](O)[C@H](O)CNC(=O)c5cccc(Oc6ccccc6)c5)O4)nn3)C(=O)NCCOCCOCCOCCOCCC(=O)O)nn2)(C(=O)O)C[C@@H]1O. The Hall–Kier alpha value is -11.9. The van der Waals surface area contributed by atoms with Crippen LogP contribution in [0.5, 0.6) is 23.0 Å². The van der Waals surface area contributed by atoms with Crippen molar-refractivity contribution in [1.82, 2.24) is 72.5 Å². The van der Waals surface area contributed by atoms with Gasteiger partial charge in [-0.1, -0.05) is 59.0 Å². The molecular weight excluding hydrogens is 1970 g/mol. The van der Waals surface area contributed by atoms with E-state index in [1.165, 1.54) is 24.3 Å². The first-order valence-corrected chi connectivity index (χ1v) is 49.0. The van der Waals surface area contributed by atoms with Crippen LogP contribution in [0.1, 0.15) is 110 Å². The highest BCUT2D eigenvalue weighted by molar-refractivity contribution is 5.95. The molecule has 149 heavy (non-hydrogen) atoms. The standard InChI is InChI=1S/C97H140N14O38/c1-66(112)103-85-77(114)58-96(94(128)129,148-89(85)87(123)79(116)60-101-91(125)68-14-11-20-74(56-68)146-72-16-5-3-6-17-72)144-54-52-140-48-50-142-64-70-62-110(108-106-70)30-36-136-42-38-132-32-24-81(118)98-27-10-9-22-76(93(127)100-29-35-135-41-45-139-47-46-138-44-40-134-34-26-84(121)122)105-83(120)23-13-28-99-82(119)25-33-133-39-43-137-37-31-111-63-71(107-109-111)65-143-51-49-141-53-55-145-97(95(130)131)59-78(115)86(104-67(2)113)90(149-97)88(124)80(117)61-102-92(126)69-15-12-21-75(57-69)147-73-18-7-4-8-19-73/h3-8,11-12,14-21,56-57,62-63,76-80,85-90,114-117,123-124H,9-10,13,22-55,58-61,64-65H2,1-2H3,(H,98,118)(H,99,119)(H,100,127)(H,101,125)(H,102,126)(H,103,112)(H,104,113)(H,105,120)(H,121,122)(H,128,129)(H,130,131)/t76-,77-,78-,79+,80+,85+,86+,87+,88+,89+,90+,96+,97+/m0/s1. The number of nitrogens with one attached hydrogen (secondary N) is 8. The number of aliphatic carboxylic acids is 3. The van der Waals surface area contributed by atoms with Gasteiger partial charge >= 0.3 is 17.9 Å². The second-order valence-electron chi connectivity index (χ2n) is 33.9. The van der Waals surface area contributed by atoms with Crippen molar-refractivity contribution in [1.29, 1.82) is 0 Å². The Balaban J connectivity index is 0.627. The topological polar surface area (TPSA) is 694 Å². The second kappa shape index (κ2) is 69.4. The third-order valence-electron chi connectivity index (χ3n) is 22.2. The van der Waals surface area contributed by atoms with E-state index in [4.69, 9.17) is 90.4 Å². The number of aliphatic hydroxyl groups excluding tert-OH is 6. The van der Waals surface area contributed by atoms with Crippen molar-refractivity contribution >= 4 is 65.2 Å². The number of nitrogens with zero attached hydrogens (tertiary/aromatic N) is 6. The molecule has 52 heteroatoms. The van der Waals surface area contributed by atoms with Crippen LogP contribution in [0.2, 0.25) is 0 Å². The number of carbonyl (C=O) groups is 11. The molecule has 2 saturated heterocycles. The van der Waals surface area contributed by atoms with E-state index in [0.29, 0.717) is 66.9 Å². The van der Waals surface area contributed by atoms with Gasteiger partial charge in [0.25, 0.3) is 23.4 Å². The summed E-state index contributed by atoms with van der Waals surface area (Å²) in [6.45, 7) is 5.13. The Morgan fingerprint density at radius 1 is 0.403 bits per heavy atom. The molecule has 826 valence electrons. The maximum atomic E-state index is 13.5. The van der Waals surface area contributed by atoms with Crippen LogP contribution >= 0.6 is 0 Å². The fraction of sp³-hybridized carbons (Fsp3) is 0.598. The molecule has 17 N–H and O–H groups in total. The predicted molar refractivity (Wildman–Crippen MR) is 517 cm³/mol. The monoisotopic (exact) mass is 2110 g/mol. The van der Waals surface area contributed by atoms with Gasteiger partial charge in [0.2, 0.25) is 35.4 Å². The lowest BCUT2D eigenvalue weighted by Gasteiger charge is -2.46. The normalized spacial score (nSPS) is 18.5. The first-order chi connectivity index (χ1) is 72.0. The maximum absolute atomic E-state index is 13.5. The zero-order chi connectivity index (χ0) is 107. The average molecular weight is 2110 g/mol. The molecule has 0 saturated carbocycles. The summed E-state index contributed by atoms with van der Waals surface area (Å²) in [6.07, 6.45) is -11.0. The third-order valence-corrected chi connectivity index (χ3v) is 22.2. The smallest absolute Gasteiger partial charge is 0.364 e. The Labute approximate surface area is 859 Å². The van der Waals surface area contributed by atoms with E-state index >= 15 is 0 Å². The molecule has 4 heterocycles. The minimum atomic E-state index is -2.56. The molecule has 8 rings (SSSR count). The van der Waals surface area contributed by atoms with Crippen LogP contribution < -0.4 is 52.0 Å². The molecule has 0 aliphatic carbocycles. The van der Waals surface area contributed by atoms with Crippen molar-refractivity contribution in [3.05, 3.63) is 144 Å². The van der Waals surface area contributed by atoms with E-state index < -0.39 is 158 Å². The summed E-state index contributed by atoms with van der Waals surface area (Å²) in [7, 11) is 0. The van der Waals surface area contributed by atoms with E-state index in [2.05, 4.69) is 63.2 Å². The molecule has 2 fully saturated rings. The van der Waals surface area contributed by atoms with Crippen LogP contribution in [-0.2, 0) is 145 Å². The van der Waals surface area contributed by atoms with Crippen molar-refractivity contribution in [3.8, 4) is 23.0 Å². The number of benzene rings is 4. The highest BCUT2D eigenvalue weighted by atomic mass is 16.7. The van der Waals surface area contributed by atoms with E-state index in [9.17, 15) is 93.6 Å². The van der Waals surface area contributed by atoms with E-state index in [1.807, 2.05) is 12.1 Å². The highest BCUT2D eigenvalue weighted by Crippen LogP contribution is 2.36. The summed E-state index contributed by atoms with van der Waals surface area (Å²) in [4.78, 5) is 139. The number of carboxylic acid groups (broad SMARTS) is 3. The Kier molecular flexibility index (Phi) is 57.0. The number of rotatable bonds is 80. The summed E-state index contributed by atoms with van der Waals surface area (Å²) in [5, 5.41) is 134. The molecule has 52 nitrogen and oxygen atoms in total. The first-order valence-electron chi connectivity index (χ1n) is 49.0. The molecular formula is C97H140N14O38. The van der Waals surface area contributed by atoms with Crippen molar-refractivity contribution in [2.75, 3.05) is 191 Å². The number of amides is 8. The van der Waals surface area contributed by atoms with Crippen molar-refractivity contribution < 1.29 is 184 Å². The van der Waals surface area contributed by atoms with Gasteiger partial charge in [0, 0.05) is 89.8 Å². The Morgan fingerprint density at radius 3 is 1.19 bits per heavy atom. The lowest BCUT2D eigenvalue weighted by atomic mass is 9.88. The molecule has 0 spiro atoms. The minimum Gasteiger partial charge on any atom is -0.481 e. The molecule has 6 aromatic rings. The molecule has 4 aromatic carbocycles. The largest absolute Gasteiger partial charge is 0.481 e. The minimum absolute atomic E-state index is 0.00338. The van der Waals surface area contributed by atoms with Gasteiger partial charge in [-0.2, -0.15) is 0 Å². The lowest BCUT2D eigenvalue weighted by Crippen LogP contribution is -2.68. The fourth-order valence-electron chi connectivity index (χ4n) is 14.7. The molecule has 2 aliphatic heterocycles. The zero-order valence-corrected chi connectivity index (χ0v) is 83.4. The summed E-state index contributed by atoms with van der Waals surface area (Å²) >= 11 is 0. The van der Waals surface area contributed by atoms with Gasteiger partial charge in [-0.25, -0.2) is 19.0 Å². The van der Waals surface area contributed by atoms with Crippen LogP contribution in [0.25, 0.3) is 0 Å². The fourth-order valence-corrected chi connectivity index (χ4v) is 14.7. The highest BCUT2D eigenvalue weighted by Gasteiger charge is 2.58. The number of aliphatic hydroxyl groups is 6. The van der Waals surface area contributed by atoms with Crippen LogP contribution in [0.15, 0.2) is 122 Å². The van der Waals surface area contributed by atoms with Crippen LogP contribution in [0.4, 0.5) is 0 Å². The van der Waals surface area contributed by atoms with E-state index in [0.717, 1.165) is 13.8 Å². The summed E-state index contributed by atoms with van der Waals surface area (Å²) < 4.78 is 104. The van der Waals surface area contributed by atoms with Crippen molar-refractivity contribution in [2.24, 2.45) is 0 Å². The van der Waals surface area contributed by atoms with Gasteiger partial charge in [-0.15, -0.1) is 10.2 Å². The quantitative estimate of drug-likeness (QED) is 0.0195. The predicted octanol–water partition coefficient (Wildman–Crippen LogP) is -1.40. The second-order valence-corrected chi connectivity index (χ2v) is 33.9. The van der Waals surface area contributed by atoms with Gasteiger partial charge in [-0.05, 0) is 86.3 Å². The molecule has 8 amide bonds. The van der Waals surface area contributed by atoms with Crippen molar-refractivity contribution in [2.45, 2.75) is 183 Å². The Morgan fingerprint density at radius 2 is 0.779 bits per heavy atom. The van der Waals surface area contributed by atoms with Gasteiger partial charge in [0.1, 0.15) is 64.8 Å². The number of aromatic nitrogens is 6.